The molecule has 1 aromatic heterocycles. The van der Waals surface area contributed by atoms with Crippen molar-refractivity contribution in [2.45, 2.75) is 25.3 Å². The number of nitrogen functional groups attached to an aromatic ring is 1. The number of carboxylic acids is 3. The summed E-state index contributed by atoms with van der Waals surface area (Å²) in [6.45, 7) is -1.12. The predicted molar refractivity (Wildman–Crippen MR) is 96.5 cm³/mol. The molecule has 0 radical (unpaired) electrons. The Morgan fingerprint density at radius 1 is 1.07 bits per heavy atom. The molecule has 28 heavy (non-hydrogen) atoms. The summed E-state index contributed by atoms with van der Waals surface area (Å²) >= 11 is 0. The minimum Gasteiger partial charge on any atom is -0.480 e. The maximum Gasteiger partial charge on any atom is 0.320 e. The number of carbonyl (C=O) groups excluding carboxylic acids is 1. The monoisotopic (exact) mass is 397 g/mol. The lowest BCUT2D eigenvalue weighted by molar-refractivity contribution is -0.149. The fourth-order valence-electron chi connectivity index (χ4n) is 2.47. The molecule has 0 aliphatic rings. The van der Waals surface area contributed by atoms with Gasteiger partial charge in [0, 0.05) is 12.7 Å². The molecule has 0 aliphatic heterocycles. The van der Waals surface area contributed by atoms with Gasteiger partial charge in [0.05, 0.1) is 18.7 Å². The molecule has 0 bridgehead atoms. The summed E-state index contributed by atoms with van der Waals surface area (Å²) in [4.78, 5) is 49.9. The van der Waals surface area contributed by atoms with E-state index in [0.717, 1.165) is 4.90 Å². The molecule has 1 rings (SSSR count). The van der Waals surface area contributed by atoms with Crippen molar-refractivity contribution in [3.8, 4) is 0 Å². The maximum absolute atomic E-state index is 12.0. The van der Waals surface area contributed by atoms with E-state index < -0.39 is 37.0 Å². The number of aliphatic carboxylic acids is 3. The molecule has 0 spiro atoms. The Kier molecular flexibility index (Phi) is 9.33. The average molecular weight is 397 g/mol. The molecule has 0 fully saturated rings. The Morgan fingerprint density at radius 2 is 1.71 bits per heavy atom. The third kappa shape index (κ3) is 7.97. The number of pyridine rings is 1. The molecule has 0 saturated heterocycles. The van der Waals surface area contributed by atoms with Gasteiger partial charge in [-0.3, -0.25) is 24.1 Å². The summed E-state index contributed by atoms with van der Waals surface area (Å²) in [5.41, 5.74) is 2.67. The molecule has 0 aromatic carbocycles. The van der Waals surface area contributed by atoms with Gasteiger partial charge in [0.2, 0.25) is 0 Å². The van der Waals surface area contributed by atoms with E-state index in [1.807, 2.05) is 0 Å². The van der Waals surface area contributed by atoms with Gasteiger partial charge in [-0.1, -0.05) is 0 Å². The number of amides is 1. The van der Waals surface area contributed by atoms with Crippen LogP contribution >= 0.6 is 0 Å². The fraction of sp³-hybridized carbons (Fsp3) is 0.438. The van der Waals surface area contributed by atoms with Crippen molar-refractivity contribution in [1.29, 1.82) is 0 Å². The van der Waals surface area contributed by atoms with Gasteiger partial charge in [0.25, 0.3) is 5.91 Å². The first-order chi connectivity index (χ1) is 13.2. The highest BCUT2D eigenvalue weighted by atomic mass is 16.4. The molecule has 0 aliphatic carbocycles. The second-order valence-corrected chi connectivity index (χ2v) is 5.87. The van der Waals surface area contributed by atoms with Crippen LogP contribution < -0.4 is 16.6 Å². The van der Waals surface area contributed by atoms with Crippen LogP contribution in [0.4, 0.5) is 5.82 Å². The average Bonchev–Trinajstić information content (AvgIpc) is 2.62. The zero-order valence-corrected chi connectivity index (χ0v) is 15.0. The maximum atomic E-state index is 12.0. The second-order valence-electron chi connectivity index (χ2n) is 5.87. The number of carboxylic acid groups (broad SMARTS) is 3. The van der Waals surface area contributed by atoms with Gasteiger partial charge in [0.1, 0.15) is 11.9 Å². The van der Waals surface area contributed by atoms with Crippen molar-refractivity contribution in [3.05, 3.63) is 23.9 Å². The number of carbonyl (C=O) groups is 4. The highest BCUT2D eigenvalue weighted by molar-refractivity contribution is 5.94. The molecule has 12 nitrogen and oxygen atoms in total. The number of nitrogens with zero attached hydrogens (tertiary/aromatic N) is 2. The first-order valence-corrected chi connectivity index (χ1v) is 8.36. The lowest BCUT2D eigenvalue weighted by Gasteiger charge is -2.25. The Balaban J connectivity index is 2.48. The number of hydrazine groups is 1. The standard InChI is InChI=1S/C16H23N5O7/c17-20-12-5-4-10(7-19-12)15(26)18-6-2-1-3-11(16(27)28)21(8-13(22)23)9-14(24)25/h4-5,7,11H,1-3,6,8-9,17H2,(H,18,26)(H,19,20)(H,22,23)(H,24,25)(H,27,28). The van der Waals surface area contributed by atoms with Gasteiger partial charge >= 0.3 is 17.9 Å². The van der Waals surface area contributed by atoms with Crippen molar-refractivity contribution in [2.75, 3.05) is 25.1 Å². The zero-order valence-electron chi connectivity index (χ0n) is 15.0. The summed E-state index contributed by atoms with van der Waals surface area (Å²) in [6.07, 6.45) is 2.17. The van der Waals surface area contributed by atoms with E-state index in [1.165, 1.54) is 18.3 Å². The quantitative estimate of drug-likeness (QED) is 0.138. The third-order valence-corrected chi connectivity index (χ3v) is 3.77. The Hall–Kier alpha value is -3.25. The van der Waals surface area contributed by atoms with Crippen molar-refractivity contribution in [2.24, 2.45) is 5.84 Å². The Bertz CT molecular complexity index is 679. The van der Waals surface area contributed by atoms with Crippen LogP contribution in [0.2, 0.25) is 0 Å². The van der Waals surface area contributed by atoms with E-state index >= 15 is 0 Å². The number of anilines is 1. The number of unbranched alkanes of at least 4 members (excludes halogenated alkanes) is 1. The van der Waals surface area contributed by atoms with Crippen LogP contribution in [0.1, 0.15) is 29.6 Å². The molecule has 12 heteroatoms. The summed E-state index contributed by atoms with van der Waals surface area (Å²) < 4.78 is 0. The lowest BCUT2D eigenvalue weighted by Crippen LogP contribution is -2.46. The Morgan fingerprint density at radius 3 is 2.18 bits per heavy atom. The summed E-state index contributed by atoms with van der Waals surface area (Å²) in [5.74, 6) is 1.30. The molecule has 7 N–H and O–H groups in total. The number of rotatable bonds is 13. The van der Waals surface area contributed by atoms with Crippen LogP contribution in [0.25, 0.3) is 0 Å². The van der Waals surface area contributed by atoms with Gasteiger partial charge in [0.15, 0.2) is 0 Å². The van der Waals surface area contributed by atoms with Crippen LogP contribution in [0, 0.1) is 0 Å². The summed E-state index contributed by atoms with van der Waals surface area (Å²) in [6, 6.07) is 1.82. The van der Waals surface area contributed by atoms with Crippen LogP contribution in [-0.4, -0.2) is 74.7 Å². The van der Waals surface area contributed by atoms with Gasteiger partial charge < -0.3 is 26.1 Å². The Labute approximate surface area is 160 Å². The van der Waals surface area contributed by atoms with Crippen molar-refractivity contribution >= 4 is 29.6 Å². The van der Waals surface area contributed by atoms with Crippen molar-refractivity contribution in [3.63, 3.8) is 0 Å². The smallest absolute Gasteiger partial charge is 0.320 e. The van der Waals surface area contributed by atoms with Gasteiger partial charge in [-0.25, -0.2) is 10.8 Å². The zero-order chi connectivity index (χ0) is 21.1. The van der Waals surface area contributed by atoms with Gasteiger partial charge in [-0.2, -0.15) is 0 Å². The number of hydrogen-bond donors (Lipinski definition) is 6. The van der Waals surface area contributed by atoms with E-state index in [-0.39, 0.29) is 18.9 Å². The van der Waals surface area contributed by atoms with Crippen LogP contribution in [0.5, 0.6) is 0 Å². The number of nitrogens with one attached hydrogen (secondary N) is 2. The minimum absolute atomic E-state index is 0.0458. The molecule has 154 valence electrons. The largest absolute Gasteiger partial charge is 0.480 e. The fourth-order valence-corrected chi connectivity index (χ4v) is 2.47. The topological polar surface area (TPSA) is 195 Å². The molecule has 1 heterocycles. The van der Waals surface area contributed by atoms with Crippen LogP contribution in [0.3, 0.4) is 0 Å². The predicted octanol–water partition coefficient (Wildman–Crippen LogP) is -0.808. The SMILES string of the molecule is NNc1ccc(C(=O)NCCCCC(C(=O)O)N(CC(=O)O)CC(=O)O)cn1. The first kappa shape index (κ1) is 22.8. The number of aromatic nitrogens is 1. The lowest BCUT2D eigenvalue weighted by atomic mass is 10.1. The summed E-state index contributed by atoms with van der Waals surface area (Å²) in [7, 11) is 0. The highest BCUT2D eigenvalue weighted by Gasteiger charge is 2.28. The van der Waals surface area contributed by atoms with Gasteiger partial charge in [-0.15, -0.1) is 0 Å². The second kappa shape index (κ2) is 11.5. The number of nitrogens with two attached hydrogens (primary N) is 1. The number of hydrogen-bond acceptors (Lipinski definition) is 8. The normalized spacial score (nSPS) is 11.6. The van der Waals surface area contributed by atoms with Crippen molar-refractivity contribution < 1.29 is 34.5 Å². The highest BCUT2D eigenvalue weighted by Crippen LogP contribution is 2.10. The minimum atomic E-state index is -1.32. The molecule has 1 amide bonds. The van der Waals surface area contributed by atoms with E-state index in [9.17, 15) is 24.3 Å². The molecule has 0 saturated carbocycles. The molecule has 1 unspecified atom stereocenters. The van der Waals surface area contributed by atoms with Crippen LogP contribution in [-0.2, 0) is 14.4 Å². The van der Waals surface area contributed by atoms with E-state index in [4.69, 9.17) is 16.1 Å². The molecular formula is C16H23N5O7. The van der Waals surface area contributed by atoms with Crippen LogP contribution in [0.15, 0.2) is 18.3 Å². The summed E-state index contributed by atoms with van der Waals surface area (Å²) in [5, 5.41) is 29.6. The molecule has 1 atom stereocenters. The first-order valence-electron chi connectivity index (χ1n) is 8.36. The molecular weight excluding hydrogens is 374 g/mol. The van der Waals surface area contributed by atoms with E-state index in [1.54, 1.807) is 0 Å². The third-order valence-electron chi connectivity index (χ3n) is 3.77. The molecule has 1 aromatic rings. The van der Waals surface area contributed by atoms with Crippen molar-refractivity contribution in [1.82, 2.24) is 15.2 Å². The van der Waals surface area contributed by atoms with E-state index in [2.05, 4.69) is 15.7 Å². The van der Waals surface area contributed by atoms with Gasteiger partial charge in [-0.05, 0) is 31.4 Å². The van der Waals surface area contributed by atoms with E-state index in [0.29, 0.717) is 24.2 Å².